The summed E-state index contributed by atoms with van der Waals surface area (Å²) in [7, 11) is 0. The van der Waals surface area contributed by atoms with Crippen LogP contribution in [0.5, 0.6) is 11.5 Å². The molecule has 19 nitrogen and oxygen atoms in total. The van der Waals surface area contributed by atoms with Gasteiger partial charge in [0.1, 0.15) is 17.1 Å². The minimum absolute atomic E-state index is 0.0133. The molecule has 8 heterocycles. The molecule has 0 radical (unpaired) electrons. The van der Waals surface area contributed by atoms with Gasteiger partial charge in [0.2, 0.25) is 23.7 Å². The maximum atomic E-state index is 14.1. The fraction of sp³-hybridized carbons (Fsp3) is 0.421. The second kappa shape index (κ2) is 22.0. The highest BCUT2D eigenvalue weighted by Crippen LogP contribution is 2.29. The van der Waals surface area contributed by atoms with Crippen molar-refractivity contribution in [3.8, 4) is 11.5 Å². The molecule has 0 aliphatic carbocycles. The number of aromatic nitrogens is 8. The van der Waals surface area contributed by atoms with Gasteiger partial charge in [-0.05, 0) is 20.8 Å². The van der Waals surface area contributed by atoms with Gasteiger partial charge in [-0.1, -0.05) is 22.7 Å². The lowest BCUT2D eigenvalue weighted by molar-refractivity contribution is -0.140. The van der Waals surface area contributed by atoms with Crippen molar-refractivity contribution in [3.05, 3.63) is 71.0 Å². The van der Waals surface area contributed by atoms with Gasteiger partial charge in [0.05, 0.1) is 48.7 Å². The number of carbonyl (C=O) groups is 4. The van der Waals surface area contributed by atoms with Gasteiger partial charge in [-0.3, -0.25) is 24.1 Å². The molecule has 61 heavy (non-hydrogen) atoms. The van der Waals surface area contributed by atoms with E-state index in [1.165, 1.54) is 20.8 Å². The monoisotopic (exact) mass is 884 g/mol. The first kappa shape index (κ1) is 46.0. The van der Waals surface area contributed by atoms with Crippen molar-refractivity contribution >= 4 is 68.3 Å². The molecule has 2 saturated heterocycles. The van der Waals surface area contributed by atoms with E-state index in [9.17, 15) is 28.0 Å². The summed E-state index contributed by atoms with van der Waals surface area (Å²) in [5.74, 6) is -0.772. The molecular formula is C38H46F2N12O7S2. The van der Waals surface area contributed by atoms with E-state index in [-0.39, 0.29) is 51.2 Å². The van der Waals surface area contributed by atoms with Crippen LogP contribution < -0.4 is 25.4 Å². The van der Waals surface area contributed by atoms with Crippen molar-refractivity contribution in [1.82, 2.24) is 49.4 Å². The van der Waals surface area contributed by atoms with Gasteiger partial charge in [0.15, 0.2) is 39.3 Å². The summed E-state index contributed by atoms with van der Waals surface area (Å²) in [6.07, 6.45) is 13.0. The number of thiazole rings is 2. The van der Waals surface area contributed by atoms with Crippen LogP contribution in [0.25, 0.3) is 11.3 Å². The third-order valence-electron chi connectivity index (χ3n) is 8.65. The van der Waals surface area contributed by atoms with Crippen LogP contribution in [0.2, 0.25) is 0 Å². The molecule has 6 aromatic heterocycles. The Balaban J connectivity index is 0.000000175. The van der Waals surface area contributed by atoms with Crippen molar-refractivity contribution in [1.29, 1.82) is 0 Å². The lowest BCUT2D eigenvalue weighted by Crippen LogP contribution is -2.28. The number of nitrogens with zero attached hydrogens (tertiary/aromatic N) is 9. The minimum atomic E-state index is -0.848. The molecule has 2 amide bonds. The lowest BCUT2D eigenvalue weighted by Gasteiger charge is -2.19. The van der Waals surface area contributed by atoms with E-state index < -0.39 is 11.9 Å². The van der Waals surface area contributed by atoms with Gasteiger partial charge in [-0.25, -0.2) is 19.0 Å². The van der Waals surface area contributed by atoms with Crippen LogP contribution in [0.4, 0.5) is 19.0 Å². The SMILES string of the molecule is CC(=O)Nc1nc(F)c(C=O)s1.CC(=O)Nc1nc(F)c(CN2C[C@H](Oc3cnc4ccnn4c3)C[C@@H]2C)s1.CCOC(C)=O.C[C@H]1C[C@@H](Oc2cnc3ccnn3c2)CN1. The van der Waals surface area contributed by atoms with Crippen molar-refractivity contribution in [2.75, 3.05) is 30.3 Å². The Labute approximate surface area is 356 Å². The van der Waals surface area contributed by atoms with Gasteiger partial charge in [-0.2, -0.15) is 28.9 Å². The summed E-state index contributed by atoms with van der Waals surface area (Å²) >= 11 is 1.96. The Morgan fingerprint density at radius 1 is 0.869 bits per heavy atom. The lowest BCUT2D eigenvalue weighted by atomic mass is 10.2. The molecule has 8 rings (SSSR count). The molecule has 23 heteroatoms. The normalized spacial score (nSPS) is 18.2. The number of amides is 2. The van der Waals surface area contributed by atoms with E-state index in [1.54, 1.807) is 46.9 Å². The molecule has 2 fully saturated rings. The Kier molecular flexibility index (Phi) is 16.6. The van der Waals surface area contributed by atoms with Crippen LogP contribution >= 0.6 is 22.7 Å². The number of esters is 1. The number of fused-ring (bicyclic) bond motifs is 2. The van der Waals surface area contributed by atoms with Gasteiger partial charge in [0, 0.05) is 77.5 Å². The number of nitrogens with one attached hydrogen (secondary N) is 3. The van der Waals surface area contributed by atoms with Gasteiger partial charge < -0.3 is 30.2 Å². The molecule has 326 valence electrons. The first-order chi connectivity index (χ1) is 29.2. The highest BCUT2D eigenvalue weighted by molar-refractivity contribution is 7.17. The quantitative estimate of drug-likeness (QED) is 0.124. The van der Waals surface area contributed by atoms with E-state index in [2.05, 4.69) is 69.6 Å². The third kappa shape index (κ3) is 14.0. The topological polar surface area (TPSA) is 221 Å². The fourth-order valence-corrected chi connectivity index (χ4v) is 7.66. The Bertz CT molecular complexity index is 2410. The maximum Gasteiger partial charge on any atom is 0.302 e. The highest BCUT2D eigenvalue weighted by Gasteiger charge is 2.32. The number of hydrogen-bond acceptors (Lipinski definition) is 17. The molecule has 0 saturated carbocycles. The van der Waals surface area contributed by atoms with Crippen molar-refractivity contribution in [3.63, 3.8) is 0 Å². The molecule has 0 spiro atoms. The summed E-state index contributed by atoms with van der Waals surface area (Å²) in [4.78, 5) is 59.7. The number of aldehydes is 1. The minimum Gasteiger partial charge on any atom is -0.486 e. The average Bonchev–Trinajstić information content (AvgIpc) is 4.06. The molecule has 2 aliphatic rings. The zero-order chi connectivity index (χ0) is 44.1. The highest BCUT2D eigenvalue weighted by atomic mass is 32.1. The molecule has 6 aromatic rings. The molecule has 0 aromatic carbocycles. The maximum absolute atomic E-state index is 14.1. The first-order valence-corrected chi connectivity index (χ1v) is 20.7. The number of carbonyl (C=O) groups excluding carboxylic acids is 4. The van der Waals surface area contributed by atoms with Crippen molar-refractivity contribution in [2.24, 2.45) is 0 Å². The van der Waals surface area contributed by atoms with E-state index in [1.807, 2.05) is 18.3 Å². The number of anilines is 2. The predicted molar refractivity (Wildman–Crippen MR) is 222 cm³/mol. The molecule has 0 unspecified atom stereocenters. The number of hydrogen-bond donors (Lipinski definition) is 3. The van der Waals surface area contributed by atoms with E-state index >= 15 is 0 Å². The van der Waals surface area contributed by atoms with Crippen LogP contribution in [0, 0.1) is 11.9 Å². The number of ether oxygens (including phenoxy) is 3. The van der Waals surface area contributed by atoms with Crippen LogP contribution in [0.1, 0.15) is 68.9 Å². The van der Waals surface area contributed by atoms with Crippen LogP contribution in [-0.4, -0.2) is 112 Å². The molecule has 3 N–H and O–H groups in total. The summed E-state index contributed by atoms with van der Waals surface area (Å²) in [6, 6.07) is 4.46. The van der Waals surface area contributed by atoms with Gasteiger partial charge in [0.25, 0.3) is 0 Å². The van der Waals surface area contributed by atoms with Gasteiger partial charge in [-0.15, -0.1) is 0 Å². The van der Waals surface area contributed by atoms with E-state index in [0.717, 1.165) is 59.1 Å². The molecule has 4 atom stereocenters. The summed E-state index contributed by atoms with van der Waals surface area (Å²) < 4.78 is 46.3. The standard InChI is InChI=1S/C17H19FN6O2S.C11H14N4O.C6H5FN2O2S.C4H8O2/c1-10-5-12(26-13-6-19-15-3-4-20-24(15)8-13)7-23(10)9-14-16(18)22-17(27-14)21-11(2)25;1-8-4-9(5-12-8)16-10-6-13-11-2-3-14-15(11)7-10;1-3(11)8-6-9-5(7)4(2-10)12-6;1-3-6-4(2)5/h3-4,6,8,10,12H,5,7,9H2,1-2H3,(H,21,22,25);2-3,6-9,12H,4-5H2,1H3;2H,1H3,(H,8,9,11);3H2,1-2H3/t10-,12+;8-,9+;;/m00../s1. The predicted octanol–water partition coefficient (Wildman–Crippen LogP) is 4.81. The zero-order valence-corrected chi connectivity index (χ0v) is 35.8. The number of halogens is 2. The summed E-state index contributed by atoms with van der Waals surface area (Å²) in [5.41, 5.74) is 1.60. The molecule has 0 bridgehead atoms. The summed E-state index contributed by atoms with van der Waals surface area (Å²) in [6.45, 7) is 12.6. The Morgan fingerprint density at radius 2 is 1.44 bits per heavy atom. The molecule has 2 aliphatic heterocycles. The largest absolute Gasteiger partial charge is 0.486 e. The Hall–Kier alpha value is -6.04. The van der Waals surface area contributed by atoms with E-state index in [0.29, 0.717) is 42.7 Å². The zero-order valence-electron chi connectivity index (χ0n) is 34.2. The molecular weight excluding hydrogens is 839 g/mol. The number of likely N-dealkylation sites (tertiary alicyclic amines) is 1. The first-order valence-electron chi connectivity index (χ1n) is 19.0. The van der Waals surface area contributed by atoms with Crippen LogP contribution in [0.3, 0.4) is 0 Å². The van der Waals surface area contributed by atoms with Crippen LogP contribution in [-0.2, 0) is 25.7 Å². The second-order valence-electron chi connectivity index (χ2n) is 13.7. The van der Waals surface area contributed by atoms with Crippen LogP contribution in [0.15, 0.2) is 49.3 Å². The summed E-state index contributed by atoms with van der Waals surface area (Å²) in [5, 5.41) is 16.8. The number of rotatable bonds is 10. The van der Waals surface area contributed by atoms with Crippen molar-refractivity contribution < 1.29 is 42.2 Å². The van der Waals surface area contributed by atoms with E-state index in [4.69, 9.17) is 9.47 Å². The fourth-order valence-electron chi connectivity index (χ4n) is 6.04. The smallest absolute Gasteiger partial charge is 0.302 e. The second-order valence-corrected chi connectivity index (χ2v) is 15.8. The average molecular weight is 885 g/mol. The van der Waals surface area contributed by atoms with Gasteiger partial charge >= 0.3 is 5.97 Å². The van der Waals surface area contributed by atoms with Crippen molar-refractivity contribution in [2.45, 2.75) is 85.2 Å². The Morgan fingerprint density at radius 3 is 1.93 bits per heavy atom. The third-order valence-corrected chi connectivity index (χ3v) is 10.5.